The second kappa shape index (κ2) is 9.51. The Morgan fingerprint density at radius 2 is 1.94 bits per heavy atom. The molecule has 3 rings (SSSR count). The maximum absolute atomic E-state index is 12.7. The summed E-state index contributed by atoms with van der Waals surface area (Å²) in [5, 5.41) is 6.92. The molecule has 33 heavy (non-hydrogen) atoms. The molecule has 0 fully saturated rings. The van der Waals surface area contributed by atoms with Crippen LogP contribution in [-0.2, 0) is 9.59 Å². The van der Waals surface area contributed by atoms with Gasteiger partial charge in [-0.15, -0.1) is 5.10 Å². The number of rotatable bonds is 6. The van der Waals surface area contributed by atoms with Crippen molar-refractivity contribution in [3.63, 3.8) is 0 Å². The summed E-state index contributed by atoms with van der Waals surface area (Å²) in [7, 11) is 2.18. The Balaban J connectivity index is 1.80. The van der Waals surface area contributed by atoms with E-state index in [1.807, 2.05) is 30.3 Å². The molecular weight excluding hydrogens is 439 g/mol. The molecule has 12 heteroatoms. The molecule has 9 nitrogen and oxygen atoms in total. The van der Waals surface area contributed by atoms with Gasteiger partial charge < -0.3 is 16.0 Å². The maximum Gasteiger partial charge on any atom is 0.406 e. The van der Waals surface area contributed by atoms with Crippen molar-refractivity contribution in [2.45, 2.75) is 6.18 Å². The van der Waals surface area contributed by atoms with E-state index in [1.165, 1.54) is 11.6 Å². The fourth-order valence-electron chi connectivity index (χ4n) is 3.00. The molecule has 3 aromatic rings. The van der Waals surface area contributed by atoms with Crippen molar-refractivity contribution in [3.05, 3.63) is 60.4 Å². The number of aliphatic imine (C=N–C) groups is 1. The fourth-order valence-corrected chi connectivity index (χ4v) is 3.00. The number of benzene rings is 1. The minimum Gasteiger partial charge on any atom is -0.404 e. The highest BCUT2D eigenvalue weighted by molar-refractivity contribution is 6.53. The van der Waals surface area contributed by atoms with Crippen LogP contribution in [0.2, 0.25) is 0 Å². The van der Waals surface area contributed by atoms with Gasteiger partial charge in [-0.3, -0.25) is 14.6 Å². The predicted octanol–water partition coefficient (Wildman–Crippen LogP) is 2.27. The quantitative estimate of drug-likeness (QED) is 0.433. The summed E-state index contributed by atoms with van der Waals surface area (Å²) < 4.78 is 39.4. The van der Waals surface area contributed by atoms with Gasteiger partial charge in [0.15, 0.2) is 11.5 Å². The SMILES string of the molecule is CN=C(C(=O)Nc1ccn2nc(-c3ccccc3)nc2c1)C(=CN)C(=O)N(C)CC(F)(F)F. The number of carbonyl (C=O) groups excluding carboxylic acids is 2. The maximum atomic E-state index is 12.7. The first-order valence-electron chi connectivity index (χ1n) is 9.57. The van der Waals surface area contributed by atoms with E-state index in [0.717, 1.165) is 18.8 Å². The van der Waals surface area contributed by atoms with Crippen LogP contribution in [0.15, 0.2) is 65.4 Å². The number of pyridine rings is 1. The molecule has 0 saturated carbocycles. The van der Waals surface area contributed by atoms with Crippen molar-refractivity contribution in [2.24, 2.45) is 10.7 Å². The largest absolute Gasteiger partial charge is 0.406 e. The van der Waals surface area contributed by atoms with Crippen molar-refractivity contribution < 1.29 is 22.8 Å². The van der Waals surface area contributed by atoms with Crippen molar-refractivity contribution >= 4 is 28.9 Å². The molecule has 0 unspecified atom stereocenters. The van der Waals surface area contributed by atoms with Crippen LogP contribution in [0, 0.1) is 0 Å². The summed E-state index contributed by atoms with van der Waals surface area (Å²) in [6.45, 7) is -1.50. The Morgan fingerprint density at radius 1 is 1.24 bits per heavy atom. The molecule has 172 valence electrons. The number of hydrogen-bond acceptors (Lipinski definition) is 6. The smallest absolute Gasteiger partial charge is 0.404 e. The molecule has 2 heterocycles. The number of nitrogens with zero attached hydrogens (tertiary/aromatic N) is 5. The average Bonchev–Trinajstić information content (AvgIpc) is 3.19. The average molecular weight is 459 g/mol. The number of likely N-dealkylation sites (N-methyl/N-ethyl adjacent to an activating group) is 1. The van der Waals surface area contributed by atoms with Crippen LogP contribution in [0.1, 0.15) is 0 Å². The van der Waals surface area contributed by atoms with Gasteiger partial charge in [-0.05, 0) is 6.07 Å². The van der Waals surface area contributed by atoms with Crippen LogP contribution in [0.4, 0.5) is 18.9 Å². The Bertz CT molecular complexity index is 1230. The molecule has 2 aromatic heterocycles. The molecule has 3 N–H and O–H groups in total. The van der Waals surface area contributed by atoms with Gasteiger partial charge in [0.1, 0.15) is 12.3 Å². The third-order valence-corrected chi connectivity index (χ3v) is 4.48. The molecule has 2 amide bonds. The number of carbonyl (C=O) groups is 2. The van der Waals surface area contributed by atoms with Gasteiger partial charge in [0, 0.05) is 43.8 Å². The third-order valence-electron chi connectivity index (χ3n) is 4.48. The monoisotopic (exact) mass is 459 g/mol. The summed E-state index contributed by atoms with van der Waals surface area (Å²) in [6, 6.07) is 12.4. The third kappa shape index (κ3) is 5.53. The first-order chi connectivity index (χ1) is 15.6. The molecule has 0 spiro atoms. The Hall–Kier alpha value is -4.22. The molecule has 0 aliphatic rings. The molecule has 0 atom stereocenters. The standard InChI is InChI=1S/C21H20F3N7O2/c1-26-17(15(11-25)20(33)30(2)12-21(22,23)24)19(32)27-14-8-9-31-16(10-14)28-18(29-31)13-6-4-3-5-7-13/h3-11H,12,25H2,1-2H3,(H,27,32). The lowest BCUT2D eigenvalue weighted by Crippen LogP contribution is -2.40. The molecule has 0 aliphatic heterocycles. The van der Waals surface area contributed by atoms with Gasteiger partial charge in [-0.1, -0.05) is 30.3 Å². The van der Waals surface area contributed by atoms with E-state index in [4.69, 9.17) is 5.73 Å². The van der Waals surface area contributed by atoms with E-state index in [9.17, 15) is 22.8 Å². The van der Waals surface area contributed by atoms with Gasteiger partial charge in [0.25, 0.3) is 11.8 Å². The number of alkyl halides is 3. The second-order valence-electron chi connectivity index (χ2n) is 6.90. The van der Waals surface area contributed by atoms with E-state index in [0.29, 0.717) is 22.1 Å². The van der Waals surface area contributed by atoms with Crippen LogP contribution in [0.5, 0.6) is 0 Å². The van der Waals surface area contributed by atoms with Crippen molar-refractivity contribution in [3.8, 4) is 11.4 Å². The van der Waals surface area contributed by atoms with Gasteiger partial charge in [0.05, 0.1) is 5.57 Å². The van der Waals surface area contributed by atoms with Crippen LogP contribution >= 0.6 is 0 Å². The number of aromatic nitrogens is 3. The Kier molecular flexibility index (Phi) is 6.75. The highest BCUT2D eigenvalue weighted by Gasteiger charge is 2.33. The molecule has 0 aliphatic carbocycles. The predicted molar refractivity (Wildman–Crippen MR) is 116 cm³/mol. The van der Waals surface area contributed by atoms with Crippen LogP contribution in [0.25, 0.3) is 17.0 Å². The fraction of sp³-hybridized carbons (Fsp3) is 0.190. The lowest BCUT2D eigenvalue weighted by atomic mass is 10.1. The summed E-state index contributed by atoms with van der Waals surface area (Å²) in [6.07, 6.45) is -2.28. The Labute approximate surface area is 186 Å². The van der Waals surface area contributed by atoms with Gasteiger partial charge in [-0.2, -0.15) is 13.2 Å². The molecule has 1 aromatic carbocycles. The minimum atomic E-state index is -4.61. The zero-order valence-electron chi connectivity index (χ0n) is 17.7. The van der Waals surface area contributed by atoms with Gasteiger partial charge in [-0.25, -0.2) is 9.50 Å². The second-order valence-corrected chi connectivity index (χ2v) is 6.90. The van der Waals surface area contributed by atoms with Crippen molar-refractivity contribution in [2.75, 3.05) is 26.0 Å². The first-order valence-corrected chi connectivity index (χ1v) is 9.57. The topological polar surface area (TPSA) is 118 Å². The molecule has 0 saturated heterocycles. The van der Waals surface area contributed by atoms with Gasteiger partial charge >= 0.3 is 6.18 Å². The highest BCUT2D eigenvalue weighted by atomic mass is 19.4. The zero-order chi connectivity index (χ0) is 24.2. The van der Waals surface area contributed by atoms with E-state index in [1.54, 1.807) is 18.3 Å². The van der Waals surface area contributed by atoms with Crippen LogP contribution in [-0.4, -0.2) is 63.8 Å². The number of hydrogen-bond donors (Lipinski definition) is 2. The number of nitrogens with one attached hydrogen (secondary N) is 1. The van der Waals surface area contributed by atoms with Crippen molar-refractivity contribution in [1.82, 2.24) is 19.5 Å². The van der Waals surface area contributed by atoms with E-state index >= 15 is 0 Å². The Morgan fingerprint density at radius 3 is 2.55 bits per heavy atom. The summed E-state index contributed by atoms with van der Waals surface area (Å²) >= 11 is 0. The van der Waals surface area contributed by atoms with Crippen LogP contribution in [0.3, 0.4) is 0 Å². The molecular formula is C21H20F3N7O2. The zero-order valence-corrected chi connectivity index (χ0v) is 17.7. The summed E-state index contributed by atoms with van der Waals surface area (Å²) in [4.78, 5) is 33.7. The number of halogens is 3. The molecule has 0 bridgehead atoms. The van der Waals surface area contributed by atoms with E-state index in [-0.39, 0.29) is 0 Å². The van der Waals surface area contributed by atoms with Gasteiger partial charge in [0.2, 0.25) is 0 Å². The minimum absolute atomic E-state index is 0.313. The van der Waals surface area contributed by atoms with Crippen LogP contribution < -0.4 is 11.1 Å². The van der Waals surface area contributed by atoms with E-state index < -0.39 is 35.8 Å². The first kappa shape index (κ1) is 23.4. The number of amides is 2. The summed E-state index contributed by atoms with van der Waals surface area (Å²) in [5.41, 5.74) is 6.13. The van der Waals surface area contributed by atoms with Crippen molar-refractivity contribution in [1.29, 1.82) is 0 Å². The lowest BCUT2D eigenvalue weighted by molar-refractivity contribution is -0.155. The molecule has 0 radical (unpaired) electrons. The number of nitrogens with two attached hydrogens (primary N) is 1. The summed E-state index contributed by atoms with van der Waals surface area (Å²) in [5.74, 6) is -1.43. The highest BCUT2D eigenvalue weighted by Crippen LogP contribution is 2.19. The normalized spacial score (nSPS) is 12.6. The van der Waals surface area contributed by atoms with E-state index in [2.05, 4.69) is 20.4 Å². The number of anilines is 1. The number of fused-ring (bicyclic) bond motifs is 1. The lowest BCUT2D eigenvalue weighted by Gasteiger charge is -2.20.